The van der Waals surface area contributed by atoms with Crippen LogP contribution in [0.15, 0.2) is 0 Å². The molecule has 0 aromatic heterocycles. The van der Waals surface area contributed by atoms with Crippen molar-refractivity contribution in [3.8, 4) is 0 Å². The first kappa shape index (κ1) is 33.2. The van der Waals surface area contributed by atoms with Crippen LogP contribution in [0.5, 0.6) is 0 Å². The Hall–Kier alpha value is -2.76. The summed E-state index contributed by atoms with van der Waals surface area (Å²) in [6.45, 7) is 7.60. The quantitative estimate of drug-likeness (QED) is 0.105. The number of carbonyl (C=O) groups is 5. The Labute approximate surface area is 219 Å². The van der Waals surface area contributed by atoms with Crippen molar-refractivity contribution in [3.63, 3.8) is 0 Å². The summed E-state index contributed by atoms with van der Waals surface area (Å²) in [5.74, 6) is -2.11. The zero-order valence-electron chi connectivity index (χ0n) is 22.0. The van der Waals surface area contributed by atoms with E-state index in [1.54, 1.807) is 6.92 Å². The second-order valence-electron chi connectivity index (χ2n) is 8.88. The normalized spacial score (nSPS) is 13.0. The lowest BCUT2D eigenvalue weighted by Gasteiger charge is -2.25. The summed E-state index contributed by atoms with van der Waals surface area (Å²) >= 11 is 5.00. The molecule has 3 atom stereocenters. The smallest absolute Gasteiger partial charge is 0.243 e. The van der Waals surface area contributed by atoms with E-state index in [0.717, 1.165) is 19.3 Å². The molecule has 206 valence electrons. The SMILES string of the molecule is CCCC[C@H](NC(=O)[C@H](CCCCNC(C)=S)NC(=O)[C@H](CCCCNC(C)=O)NC(C)=O)C(N)=O. The Balaban J connectivity index is 5.28. The van der Waals surface area contributed by atoms with Gasteiger partial charge in [0, 0.05) is 26.9 Å². The Morgan fingerprint density at radius 2 is 1.14 bits per heavy atom. The van der Waals surface area contributed by atoms with Crippen molar-refractivity contribution in [2.45, 2.75) is 104 Å². The van der Waals surface area contributed by atoms with Gasteiger partial charge in [-0.25, -0.2) is 0 Å². The highest BCUT2D eigenvalue weighted by Gasteiger charge is 2.28. The van der Waals surface area contributed by atoms with E-state index in [4.69, 9.17) is 18.0 Å². The van der Waals surface area contributed by atoms with Crippen molar-refractivity contribution < 1.29 is 24.0 Å². The molecule has 0 saturated heterocycles. The van der Waals surface area contributed by atoms with Gasteiger partial charge in [-0.3, -0.25) is 24.0 Å². The maximum atomic E-state index is 13.0. The lowest BCUT2D eigenvalue weighted by molar-refractivity contribution is -0.133. The number of hydrogen-bond donors (Lipinski definition) is 6. The molecule has 0 bridgehead atoms. The molecule has 11 nitrogen and oxygen atoms in total. The van der Waals surface area contributed by atoms with Crippen LogP contribution in [-0.4, -0.2) is 65.7 Å². The summed E-state index contributed by atoms with van der Waals surface area (Å²) < 4.78 is 0. The fraction of sp³-hybridized carbons (Fsp3) is 0.750. The number of carbonyl (C=O) groups excluding carboxylic acids is 5. The molecule has 0 saturated carbocycles. The summed E-state index contributed by atoms with van der Waals surface area (Å²) in [5, 5.41) is 13.8. The average molecular weight is 529 g/mol. The van der Waals surface area contributed by atoms with Crippen molar-refractivity contribution in [1.82, 2.24) is 26.6 Å². The van der Waals surface area contributed by atoms with E-state index in [0.29, 0.717) is 56.6 Å². The van der Waals surface area contributed by atoms with Crippen LogP contribution < -0.4 is 32.3 Å². The minimum absolute atomic E-state index is 0.135. The van der Waals surface area contributed by atoms with Crippen LogP contribution in [0.25, 0.3) is 0 Å². The lowest BCUT2D eigenvalue weighted by atomic mass is 10.0. The predicted octanol–water partition coefficient (Wildman–Crippen LogP) is 0.550. The number of nitrogens with two attached hydrogens (primary N) is 1. The third kappa shape index (κ3) is 16.8. The summed E-state index contributed by atoms with van der Waals surface area (Å²) in [5.41, 5.74) is 5.46. The fourth-order valence-corrected chi connectivity index (χ4v) is 3.60. The van der Waals surface area contributed by atoms with Gasteiger partial charge in [-0.1, -0.05) is 32.0 Å². The van der Waals surface area contributed by atoms with Crippen LogP contribution in [-0.2, 0) is 24.0 Å². The molecular formula is C24H44N6O5S. The Morgan fingerprint density at radius 3 is 1.58 bits per heavy atom. The minimum atomic E-state index is -0.898. The van der Waals surface area contributed by atoms with E-state index >= 15 is 0 Å². The Kier molecular flexibility index (Phi) is 17.9. The maximum absolute atomic E-state index is 13.0. The van der Waals surface area contributed by atoms with Gasteiger partial charge in [0.15, 0.2) is 0 Å². The standard InChI is InChI=1S/C24H44N6O5S/c1-5-6-11-19(22(25)33)29-24(35)21(13-8-10-15-27-18(4)36)30-23(34)20(28-17(3)32)12-7-9-14-26-16(2)31/h19-21H,5-15H2,1-4H3,(H2,25,33)(H,26,31)(H,27,36)(H,28,32)(H,29,35)(H,30,34)/t19-,20-,21-/m0/s1. The third-order valence-electron chi connectivity index (χ3n) is 5.42. The van der Waals surface area contributed by atoms with Crippen molar-refractivity contribution >= 4 is 46.7 Å². The molecule has 0 aliphatic heterocycles. The molecule has 0 radical (unpaired) electrons. The molecule has 5 amide bonds. The Morgan fingerprint density at radius 1 is 0.667 bits per heavy atom. The van der Waals surface area contributed by atoms with Crippen LogP contribution >= 0.6 is 12.2 Å². The summed E-state index contributed by atoms with van der Waals surface area (Å²) in [6, 6.07) is -2.55. The zero-order valence-corrected chi connectivity index (χ0v) is 22.9. The van der Waals surface area contributed by atoms with Crippen molar-refractivity contribution in [3.05, 3.63) is 0 Å². The van der Waals surface area contributed by atoms with Crippen LogP contribution in [0.4, 0.5) is 0 Å². The number of thiocarbonyl (C=S) groups is 1. The van der Waals surface area contributed by atoms with Crippen LogP contribution in [0, 0.1) is 0 Å². The Bertz CT molecular complexity index is 749. The fourth-order valence-electron chi connectivity index (χ4n) is 3.50. The molecule has 0 aromatic carbocycles. The summed E-state index contributed by atoms with van der Waals surface area (Å²) in [4.78, 5) is 61.3. The van der Waals surface area contributed by atoms with Crippen molar-refractivity contribution in [1.29, 1.82) is 0 Å². The van der Waals surface area contributed by atoms with E-state index in [1.807, 2.05) is 6.92 Å². The third-order valence-corrected chi connectivity index (χ3v) is 5.56. The molecule has 0 aromatic rings. The number of hydrogen-bond acceptors (Lipinski definition) is 6. The van der Waals surface area contributed by atoms with Gasteiger partial charge in [0.2, 0.25) is 29.5 Å². The van der Waals surface area contributed by atoms with Crippen LogP contribution in [0.3, 0.4) is 0 Å². The van der Waals surface area contributed by atoms with Gasteiger partial charge in [0.05, 0.1) is 4.99 Å². The molecule has 0 rings (SSSR count). The molecular weight excluding hydrogens is 484 g/mol. The largest absolute Gasteiger partial charge is 0.380 e. The van der Waals surface area contributed by atoms with Gasteiger partial charge in [-0.2, -0.15) is 0 Å². The first-order valence-electron chi connectivity index (χ1n) is 12.6. The summed E-state index contributed by atoms with van der Waals surface area (Å²) in [6.07, 6.45) is 5.21. The zero-order chi connectivity index (χ0) is 27.5. The van der Waals surface area contributed by atoms with Crippen molar-refractivity contribution in [2.24, 2.45) is 5.73 Å². The van der Waals surface area contributed by atoms with E-state index in [2.05, 4.69) is 26.6 Å². The molecule has 0 aliphatic rings. The molecule has 36 heavy (non-hydrogen) atoms. The monoisotopic (exact) mass is 528 g/mol. The van der Waals surface area contributed by atoms with Crippen LogP contribution in [0.2, 0.25) is 0 Å². The van der Waals surface area contributed by atoms with Crippen LogP contribution in [0.1, 0.15) is 85.5 Å². The molecule has 0 fully saturated rings. The lowest BCUT2D eigenvalue weighted by Crippen LogP contribution is -2.56. The number of amides is 5. The number of nitrogens with one attached hydrogen (secondary N) is 5. The molecule has 0 aliphatic carbocycles. The number of rotatable bonds is 19. The summed E-state index contributed by atoms with van der Waals surface area (Å²) in [7, 11) is 0. The first-order chi connectivity index (χ1) is 17.0. The molecule has 0 spiro atoms. The highest BCUT2D eigenvalue weighted by Crippen LogP contribution is 2.07. The maximum Gasteiger partial charge on any atom is 0.243 e. The van der Waals surface area contributed by atoms with E-state index in [1.165, 1.54) is 13.8 Å². The predicted molar refractivity (Wildman–Crippen MR) is 143 cm³/mol. The second kappa shape index (κ2) is 19.4. The average Bonchev–Trinajstić information content (AvgIpc) is 2.78. The second-order valence-corrected chi connectivity index (χ2v) is 9.49. The van der Waals surface area contributed by atoms with Gasteiger partial charge in [-0.15, -0.1) is 0 Å². The molecule has 12 heteroatoms. The van der Waals surface area contributed by atoms with Gasteiger partial charge < -0.3 is 32.3 Å². The first-order valence-corrected chi connectivity index (χ1v) is 13.0. The highest BCUT2D eigenvalue weighted by atomic mass is 32.1. The molecule has 0 unspecified atom stereocenters. The molecule has 7 N–H and O–H groups in total. The molecule has 0 heterocycles. The van der Waals surface area contributed by atoms with Gasteiger partial charge >= 0.3 is 0 Å². The van der Waals surface area contributed by atoms with Gasteiger partial charge in [-0.05, 0) is 51.9 Å². The van der Waals surface area contributed by atoms with E-state index in [-0.39, 0.29) is 11.8 Å². The number of unbranched alkanes of at least 4 members (excludes halogenated alkanes) is 3. The van der Waals surface area contributed by atoms with Gasteiger partial charge in [0.1, 0.15) is 18.1 Å². The van der Waals surface area contributed by atoms with Gasteiger partial charge in [0.25, 0.3) is 0 Å². The van der Waals surface area contributed by atoms with Crippen molar-refractivity contribution in [2.75, 3.05) is 13.1 Å². The minimum Gasteiger partial charge on any atom is -0.380 e. The van der Waals surface area contributed by atoms with E-state index < -0.39 is 35.8 Å². The highest BCUT2D eigenvalue weighted by molar-refractivity contribution is 7.80. The topological polar surface area (TPSA) is 172 Å². The van der Waals surface area contributed by atoms with E-state index in [9.17, 15) is 24.0 Å². The number of primary amides is 1.